The molecule has 0 aromatic rings. The highest BCUT2D eigenvalue weighted by Gasteiger charge is 2.41. The largest absolute Gasteiger partial charge is 0.385 e. The number of rotatable bonds is 2. The van der Waals surface area contributed by atoms with Crippen LogP contribution in [-0.4, -0.2) is 28.5 Å². The standard InChI is InChI=1S/C12H18O2S/c1-3-11(13)10-5-4-6-12(9(10)2)14-7-8-15-12/h3,11,13H,1,4-8H2,2H3/t11-,12-/m1/s1. The van der Waals surface area contributed by atoms with E-state index in [9.17, 15) is 5.11 Å². The molecular formula is C12H18O2S. The van der Waals surface area contributed by atoms with Crippen LogP contribution in [0.25, 0.3) is 0 Å². The smallest absolute Gasteiger partial charge is 0.135 e. The van der Waals surface area contributed by atoms with E-state index in [0.717, 1.165) is 37.2 Å². The number of hydrogen-bond donors (Lipinski definition) is 1. The van der Waals surface area contributed by atoms with Crippen LogP contribution < -0.4 is 0 Å². The number of thioether (sulfide) groups is 1. The van der Waals surface area contributed by atoms with E-state index in [0.29, 0.717) is 0 Å². The Hall–Kier alpha value is -0.250. The maximum absolute atomic E-state index is 9.86. The second-order valence-corrected chi connectivity index (χ2v) is 5.49. The van der Waals surface area contributed by atoms with E-state index in [1.165, 1.54) is 5.57 Å². The van der Waals surface area contributed by atoms with Crippen LogP contribution in [0, 0.1) is 0 Å². The summed E-state index contributed by atoms with van der Waals surface area (Å²) in [5, 5.41) is 9.86. The molecule has 0 radical (unpaired) electrons. The van der Waals surface area contributed by atoms with E-state index < -0.39 is 6.10 Å². The molecule has 0 unspecified atom stereocenters. The van der Waals surface area contributed by atoms with E-state index in [2.05, 4.69) is 13.5 Å². The molecule has 1 aliphatic carbocycles. The first-order chi connectivity index (χ1) is 7.19. The summed E-state index contributed by atoms with van der Waals surface area (Å²) in [7, 11) is 0. The zero-order valence-electron chi connectivity index (χ0n) is 9.16. The molecule has 84 valence electrons. The van der Waals surface area contributed by atoms with E-state index >= 15 is 0 Å². The Labute approximate surface area is 95.4 Å². The van der Waals surface area contributed by atoms with Gasteiger partial charge in [0.05, 0.1) is 12.7 Å². The topological polar surface area (TPSA) is 29.5 Å². The number of aliphatic hydroxyl groups is 1. The van der Waals surface area contributed by atoms with Gasteiger partial charge in [-0.15, -0.1) is 18.3 Å². The minimum atomic E-state index is -0.494. The van der Waals surface area contributed by atoms with Gasteiger partial charge in [-0.3, -0.25) is 0 Å². The third kappa shape index (κ3) is 1.88. The van der Waals surface area contributed by atoms with Crippen molar-refractivity contribution in [3.05, 3.63) is 23.8 Å². The van der Waals surface area contributed by atoms with Crippen molar-refractivity contribution in [2.75, 3.05) is 12.4 Å². The molecule has 1 N–H and O–H groups in total. The Kier molecular flexibility index (Phi) is 3.24. The van der Waals surface area contributed by atoms with E-state index in [-0.39, 0.29) is 4.93 Å². The van der Waals surface area contributed by atoms with Gasteiger partial charge < -0.3 is 9.84 Å². The fourth-order valence-corrected chi connectivity index (χ4v) is 3.76. The van der Waals surface area contributed by atoms with Crippen molar-refractivity contribution in [1.82, 2.24) is 0 Å². The monoisotopic (exact) mass is 226 g/mol. The van der Waals surface area contributed by atoms with Gasteiger partial charge in [0.25, 0.3) is 0 Å². The molecular weight excluding hydrogens is 208 g/mol. The van der Waals surface area contributed by atoms with Crippen LogP contribution in [0.5, 0.6) is 0 Å². The van der Waals surface area contributed by atoms with E-state index in [4.69, 9.17) is 4.74 Å². The van der Waals surface area contributed by atoms with Gasteiger partial charge in [0.2, 0.25) is 0 Å². The van der Waals surface area contributed by atoms with Crippen LogP contribution in [0.15, 0.2) is 23.8 Å². The van der Waals surface area contributed by atoms with Crippen molar-refractivity contribution in [3.8, 4) is 0 Å². The quantitative estimate of drug-likeness (QED) is 0.734. The molecule has 0 aromatic carbocycles. The summed E-state index contributed by atoms with van der Waals surface area (Å²) in [6.07, 6.45) is 4.27. The summed E-state index contributed by atoms with van der Waals surface area (Å²) >= 11 is 1.88. The predicted molar refractivity (Wildman–Crippen MR) is 63.9 cm³/mol. The van der Waals surface area contributed by atoms with Crippen LogP contribution in [0.3, 0.4) is 0 Å². The maximum atomic E-state index is 9.86. The molecule has 15 heavy (non-hydrogen) atoms. The molecule has 1 fully saturated rings. The lowest BCUT2D eigenvalue weighted by Crippen LogP contribution is -2.32. The minimum Gasteiger partial charge on any atom is -0.385 e. The Balaban J connectivity index is 2.31. The summed E-state index contributed by atoms with van der Waals surface area (Å²) < 4.78 is 5.88. The van der Waals surface area contributed by atoms with Gasteiger partial charge in [-0.1, -0.05) is 6.08 Å². The summed E-state index contributed by atoms with van der Waals surface area (Å²) in [5.74, 6) is 1.06. The molecule has 2 rings (SSSR count). The van der Waals surface area contributed by atoms with Gasteiger partial charge in [0.15, 0.2) is 0 Å². The molecule has 1 heterocycles. The highest BCUT2D eigenvalue weighted by Crippen LogP contribution is 2.48. The molecule has 2 aliphatic rings. The molecule has 1 aliphatic heterocycles. The van der Waals surface area contributed by atoms with Gasteiger partial charge >= 0.3 is 0 Å². The third-order valence-corrected chi connectivity index (χ3v) is 4.80. The molecule has 2 atom stereocenters. The second-order valence-electron chi connectivity index (χ2n) is 4.13. The summed E-state index contributed by atoms with van der Waals surface area (Å²) in [6.45, 7) is 6.58. The first-order valence-electron chi connectivity index (χ1n) is 5.48. The Morgan fingerprint density at radius 2 is 2.47 bits per heavy atom. The van der Waals surface area contributed by atoms with Crippen molar-refractivity contribution in [3.63, 3.8) is 0 Å². The normalized spacial score (nSPS) is 33.5. The molecule has 0 amide bonds. The van der Waals surface area contributed by atoms with Crippen molar-refractivity contribution in [1.29, 1.82) is 0 Å². The summed E-state index contributed by atoms with van der Waals surface area (Å²) in [5.41, 5.74) is 2.34. The lowest BCUT2D eigenvalue weighted by Gasteiger charge is -2.35. The molecule has 0 saturated carbocycles. The van der Waals surface area contributed by atoms with Crippen molar-refractivity contribution < 1.29 is 9.84 Å². The molecule has 1 spiro atoms. The SMILES string of the molecule is C=C[C@@H](O)C1=C(C)[C@]2(CCC1)OCCS2. The van der Waals surface area contributed by atoms with E-state index in [1.54, 1.807) is 6.08 Å². The van der Waals surface area contributed by atoms with Crippen LogP contribution in [0.4, 0.5) is 0 Å². The highest BCUT2D eigenvalue weighted by atomic mass is 32.2. The average molecular weight is 226 g/mol. The minimum absolute atomic E-state index is 0.127. The molecule has 3 heteroatoms. The van der Waals surface area contributed by atoms with Gasteiger partial charge in [0, 0.05) is 5.75 Å². The second kappa shape index (κ2) is 4.32. The lowest BCUT2D eigenvalue weighted by molar-refractivity contribution is 0.0629. The predicted octanol–water partition coefficient (Wildman–Crippen LogP) is 2.49. The molecule has 2 nitrogen and oxygen atoms in total. The summed E-state index contributed by atoms with van der Waals surface area (Å²) in [4.78, 5) is -0.127. The summed E-state index contributed by atoms with van der Waals surface area (Å²) in [6, 6.07) is 0. The van der Waals surface area contributed by atoms with Gasteiger partial charge in [-0.05, 0) is 37.3 Å². The molecule has 0 bridgehead atoms. The van der Waals surface area contributed by atoms with Crippen LogP contribution >= 0.6 is 11.8 Å². The highest BCUT2D eigenvalue weighted by molar-refractivity contribution is 8.00. The third-order valence-electron chi connectivity index (χ3n) is 3.34. The van der Waals surface area contributed by atoms with Gasteiger partial charge in [0.1, 0.15) is 4.93 Å². The van der Waals surface area contributed by atoms with Crippen molar-refractivity contribution >= 4 is 11.8 Å². The number of ether oxygens (including phenoxy) is 1. The van der Waals surface area contributed by atoms with Crippen molar-refractivity contribution in [2.24, 2.45) is 0 Å². The Morgan fingerprint density at radius 3 is 3.07 bits per heavy atom. The van der Waals surface area contributed by atoms with Crippen LogP contribution in [0.1, 0.15) is 26.2 Å². The van der Waals surface area contributed by atoms with Gasteiger partial charge in [-0.25, -0.2) is 0 Å². The number of aliphatic hydroxyl groups excluding tert-OH is 1. The molecule has 1 saturated heterocycles. The zero-order valence-corrected chi connectivity index (χ0v) is 9.98. The van der Waals surface area contributed by atoms with Gasteiger partial charge in [-0.2, -0.15) is 0 Å². The fraction of sp³-hybridized carbons (Fsp3) is 0.667. The van der Waals surface area contributed by atoms with Crippen LogP contribution in [0.2, 0.25) is 0 Å². The Bertz CT molecular complexity index is 290. The fourth-order valence-electron chi connectivity index (χ4n) is 2.46. The maximum Gasteiger partial charge on any atom is 0.135 e. The van der Waals surface area contributed by atoms with E-state index in [1.807, 2.05) is 11.8 Å². The Morgan fingerprint density at radius 1 is 1.67 bits per heavy atom. The van der Waals surface area contributed by atoms with Crippen LogP contribution in [-0.2, 0) is 4.74 Å². The molecule has 0 aromatic heterocycles. The first kappa shape index (κ1) is 11.2. The zero-order chi connectivity index (χ0) is 10.9. The number of hydrogen-bond acceptors (Lipinski definition) is 3. The average Bonchev–Trinajstić information content (AvgIpc) is 2.71. The van der Waals surface area contributed by atoms with Crippen molar-refractivity contribution in [2.45, 2.75) is 37.2 Å². The lowest BCUT2D eigenvalue weighted by atomic mass is 9.86. The first-order valence-corrected chi connectivity index (χ1v) is 6.47.